The van der Waals surface area contributed by atoms with Crippen LogP contribution in [0.1, 0.15) is 19.3 Å². The standard InChI is InChI=1S/C10H12N4/c11-6-2-8-14(9-4-5-9)10-3-1-7-12-13-10/h1,3,7,9H,2,4-5,8H2. The Bertz CT molecular complexity index is 326. The second-order valence-electron chi connectivity index (χ2n) is 3.41. The van der Waals surface area contributed by atoms with E-state index in [1.807, 2.05) is 12.1 Å². The van der Waals surface area contributed by atoms with Crippen molar-refractivity contribution in [1.29, 1.82) is 5.26 Å². The molecule has 72 valence electrons. The van der Waals surface area contributed by atoms with E-state index < -0.39 is 0 Å². The first-order chi connectivity index (χ1) is 6.92. The molecule has 0 aromatic carbocycles. The summed E-state index contributed by atoms with van der Waals surface area (Å²) in [6.07, 6.45) is 4.63. The van der Waals surface area contributed by atoms with E-state index in [4.69, 9.17) is 5.26 Å². The summed E-state index contributed by atoms with van der Waals surface area (Å²) in [7, 11) is 0. The van der Waals surface area contributed by atoms with Crippen LogP contribution in [0.2, 0.25) is 0 Å². The van der Waals surface area contributed by atoms with Crippen LogP contribution in [-0.4, -0.2) is 22.8 Å². The van der Waals surface area contributed by atoms with Crippen LogP contribution in [0.15, 0.2) is 18.3 Å². The zero-order chi connectivity index (χ0) is 9.80. The molecule has 1 aliphatic carbocycles. The maximum Gasteiger partial charge on any atom is 0.151 e. The quantitative estimate of drug-likeness (QED) is 0.715. The van der Waals surface area contributed by atoms with Crippen molar-refractivity contribution in [2.75, 3.05) is 11.4 Å². The van der Waals surface area contributed by atoms with Gasteiger partial charge in [-0.25, -0.2) is 0 Å². The van der Waals surface area contributed by atoms with Crippen LogP contribution in [0.4, 0.5) is 5.82 Å². The molecule has 1 heterocycles. The average Bonchev–Trinajstić information content (AvgIpc) is 3.04. The highest BCUT2D eigenvalue weighted by Crippen LogP contribution is 2.30. The summed E-state index contributed by atoms with van der Waals surface area (Å²) in [5.41, 5.74) is 0. The Labute approximate surface area is 83.2 Å². The summed E-state index contributed by atoms with van der Waals surface area (Å²) in [4.78, 5) is 2.18. The lowest BCUT2D eigenvalue weighted by Crippen LogP contribution is -2.27. The van der Waals surface area contributed by atoms with Gasteiger partial charge >= 0.3 is 0 Å². The topological polar surface area (TPSA) is 52.8 Å². The molecule has 0 spiro atoms. The molecule has 0 amide bonds. The maximum atomic E-state index is 8.55. The fourth-order valence-electron chi connectivity index (χ4n) is 1.49. The Morgan fingerprint density at radius 2 is 2.43 bits per heavy atom. The molecule has 0 atom stereocenters. The van der Waals surface area contributed by atoms with Crippen molar-refractivity contribution in [2.45, 2.75) is 25.3 Å². The SMILES string of the molecule is N#CCCN(c1cccnn1)C1CC1. The molecule has 1 saturated carbocycles. The Hall–Kier alpha value is -1.63. The van der Waals surface area contributed by atoms with Crippen molar-refractivity contribution in [3.8, 4) is 6.07 Å². The van der Waals surface area contributed by atoms with Gasteiger partial charge in [-0.2, -0.15) is 10.4 Å². The molecular formula is C10H12N4. The Balaban J connectivity index is 2.07. The summed E-state index contributed by atoms with van der Waals surface area (Å²) >= 11 is 0. The number of anilines is 1. The zero-order valence-corrected chi connectivity index (χ0v) is 7.93. The lowest BCUT2D eigenvalue weighted by Gasteiger charge is -2.21. The normalized spacial score (nSPS) is 14.8. The first-order valence-electron chi connectivity index (χ1n) is 4.83. The summed E-state index contributed by atoms with van der Waals surface area (Å²) in [6.45, 7) is 0.764. The van der Waals surface area contributed by atoms with Crippen LogP contribution < -0.4 is 4.90 Å². The molecule has 1 aromatic rings. The Morgan fingerprint density at radius 3 is 3.00 bits per heavy atom. The van der Waals surface area contributed by atoms with Gasteiger partial charge in [-0.15, -0.1) is 5.10 Å². The molecule has 0 radical (unpaired) electrons. The number of hydrogen-bond donors (Lipinski definition) is 0. The smallest absolute Gasteiger partial charge is 0.151 e. The zero-order valence-electron chi connectivity index (χ0n) is 7.93. The summed E-state index contributed by atoms with van der Waals surface area (Å²) < 4.78 is 0. The number of hydrogen-bond acceptors (Lipinski definition) is 4. The van der Waals surface area contributed by atoms with Crippen molar-refractivity contribution in [1.82, 2.24) is 10.2 Å². The second kappa shape index (κ2) is 4.05. The van der Waals surface area contributed by atoms with Crippen LogP contribution in [-0.2, 0) is 0 Å². The molecule has 1 aromatic heterocycles. The molecule has 0 saturated heterocycles. The minimum atomic E-state index is 0.549. The first-order valence-corrected chi connectivity index (χ1v) is 4.83. The molecule has 2 rings (SSSR count). The fourth-order valence-corrected chi connectivity index (χ4v) is 1.49. The van der Waals surface area contributed by atoms with E-state index in [0.717, 1.165) is 12.4 Å². The van der Waals surface area contributed by atoms with Crippen molar-refractivity contribution in [2.24, 2.45) is 0 Å². The average molecular weight is 188 g/mol. The van der Waals surface area contributed by atoms with Gasteiger partial charge in [0, 0.05) is 18.8 Å². The van der Waals surface area contributed by atoms with Crippen molar-refractivity contribution in [3.05, 3.63) is 18.3 Å². The van der Waals surface area contributed by atoms with E-state index in [1.54, 1.807) is 6.20 Å². The van der Waals surface area contributed by atoms with Crippen molar-refractivity contribution < 1.29 is 0 Å². The van der Waals surface area contributed by atoms with Gasteiger partial charge in [-0.05, 0) is 25.0 Å². The van der Waals surface area contributed by atoms with Gasteiger partial charge in [-0.3, -0.25) is 0 Å². The third-order valence-electron chi connectivity index (χ3n) is 2.30. The van der Waals surface area contributed by atoms with E-state index >= 15 is 0 Å². The lowest BCUT2D eigenvalue weighted by molar-refractivity contribution is 0.765. The van der Waals surface area contributed by atoms with E-state index in [2.05, 4.69) is 21.2 Å². The first kappa shape index (κ1) is 8.95. The van der Waals surface area contributed by atoms with Gasteiger partial charge in [-0.1, -0.05) is 0 Å². The second-order valence-corrected chi connectivity index (χ2v) is 3.41. The molecule has 1 aliphatic rings. The van der Waals surface area contributed by atoms with Gasteiger partial charge in [0.1, 0.15) is 0 Å². The molecule has 4 nitrogen and oxygen atoms in total. The summed E-state index contributed by atoms with van der Waals surface area (Å²) in [6, 6.07) is 6.57. The van der Waals surface area contributed by atoms with Crippen LogP contribution in [0, 0.1) is 11.3 Å². The molecule has 0 N–H and O–H groups in total. The third-order valence-corrected chi connectivity index (χ3v) is 2.30. The number of nitriles is 1. The molecular weight excluding hydrogens is 176 g/mol. The maximum absolute atomic E-state index is 8.55. The minimum Gasteiger partial charge on any atom is -0.351 e. The predicted molar refractivity (Wildman–Crippen MR) is 52.6 cm³/mol. The van der Waals surface area contributed by atoms with Crippen molar-refractivity contribution >= 4 is 5.82 Å². The van der Waals surface area contributed by atoms with Crippen LogP contribution in [0.25, 0.3) is 0 Å². The number of nitrogens with zero attached hydrogens (tertiary/aromatic N) is 4. The monoisotopic (exact) mass is 188 g/mol. The minimum absolute atomic E-state index is 0.549. The largest absolute Gasteiger partial charge is 0.351 e. The fraction of sp³-hybridized carbons (Fsp3) is 0.500. The molecule has 0 aliphatic heterocycles. The highest BCUT2D eigenvalue weighted by Gasteiger charge is 2.29. The van der Waals surface area contributed by atoms with Crippen LogP contribution in [0.3, 0.4) is 0 Å². The van der Waals surface area contributed by atoms with Crippen LogP contribution in [0.5, 0.6) is 0 Å². The molecule has 0 bridgehead atoms. The van der Waals surface area contributed by atoms with E-state index in [9.17, 15) is 0 Å². The van der Waals surface area contributed by atoms with E-state index in [0.29, 0.717) is 12.5 Å². The lowest BCUT2D eigenvalue weighted by atomic mass is 10.3. The number of rotatable bonds is 4. The highest BCUT2D eigenvalue weighted by atomic mass is 15.3. The third kappa shape index (κ3) is 1.99. The summed E-state index contributed by atoms with van der Waals surface area (Å²) in [5, 5.41) is 16.5. The van der Waals surface area contributed by atoms with Gasteiger partial charge in [0.2, 0.25) is 0 Å². The van der Waals surface area contributed by atoms with Gasteiger partial charge in [0.15, 0.2) is 5.82 Å². The van der Waals surface area contributed by atoms with Crippen molar-refractivity contribution in [3.63, 3.8) is 0 Å². The highest BCUT2D eigenvalue weighted by molar-refractivity contribution is 5.39. The van der Waals surface area contributed by atoms with Crippen LogP contribution >= 0.6 is 0 Å². The number of aromatic nitrogens is 2. The Kier molecular flexibility index (Phi) is 2.59. The molecule has 1 fully saturated rings. The molecule has 4 heteroatoms. The Morgan fingerprint density at radius 1 is 1.57 bits per heavy atom. The van der Waals surface area contributed by atoms with E-state index in [-0.39, 0.29) is 0 Å². The molecule has 14 heavy (non-hydrogen) atoms. The van der Waals surface area contributed by atoms with Gasteiger partial charge in [0.25, 0.3) is 0 Å². The van der Waals surface area contributed by atoms with E-state index in [1.165, 1.54) is 12.8 Å². The predicted octanol–water partition coefficient (Wildman–Crippen LogP) is 1.36. The molecule has 0 unspecified atom stereocenters. The van der Waals surface area contributed by atoms with Gasteiger partial charge < -0.3 is 4.90 Å². The van der Waals surface area contributed by atoms with Gasteiger partial charge in [0.05, 0.1) is 12.5 Å². The summed E-state index contributed by atoms with van der Waals surface area (Å²) in [5.74, 6) is 0.894.